The zero-order chi connectivity index (χ0) is 17.9. The van der Waals surface area contributed by atoms with Crippen molar-refractivity contribution in [2.45, 2.75) is 19.6 Å². The van der Waals surface area contributed by atoms with E-state index < -0.39 is 0 Å². The van der Waals surface area contributed by atoms with Crippen LogP contribution in [-0.4, -0.2) is 15.1 Å². The van der Waals surface area contributed by atoms with Gasteiger partial charge in [0.1, 0.15) is 17.0 Å². The van der Waals surface area contributed by atoms with Gasteiger partial charge in [0.05, 0.1) is 12.0 Å². The lowest BCUT2D eigenvalue weighted by molar-refractivity contribution is 0.282. The minimum atomic E-state index is 0.0591. The Bertz CT molecular complexity index is 1010. The van der Waals surface area contributed by atoms with Crippen LogP contribution in [0.3, 0.4) is 0 Å². The Morgan fingerprint density at radius 3 is 2.54 bits per heavy atom. The van der Waals surface area contributed by atoms with E-state index in [0.717, 1.165) is 32.0 Å². The predicted molar refractivity (Wildman–Crippen MR) is 107 cm³/mol. The topological polar surface area (TPSA) is 58.0 Å². The second-order valence-electron chi connectivity index (χ2n) is 6.18. The summed E-state index contributed by atoms with van der Waals surface area (Å²) in [6.07, 6.45) is 1.61. The Kier molecular flexibility index (Phi) is 4.65. The van der Waals surface area contributed by atoms with E-state index in [1.165, 1.54) is 5.56 Å². The summed E-state index contributed by atoms with van der Waals surface area (Å²) in [5.41, 5.74) is 3.25. The smallest absolute Gasteiger partial charge is 0.138 e. The molecule has 4 aromatic rings. The zero-order valence-corrected chi connectivity index (χ0v) is 15.2. The maximum Gasteiger partial charge on any atom is 0.138 e. The van der Waals surface area contributed by atoms with Crippen molar-refractivity contribution in [3.63, 3.8) is 0 Å². The fraction of sp³-hybridized carbons (Fsp3) is 0.143. The summed E-state index contributed by atoms with van der Waals surface area (Å²) in [6.45, 7) is 2.19. The van der Waals surface area contributed by atoms with Crippen LogP contribution in [-0.2, 0) is 6.61 Å². The van der Waals surface area contributed by atoms with E-state index in [9.17, 15) is 5.11 Å². The average Bonchev–Trinajstić information content (AvgIpc) is 3.14. The minimum Gasteiger partial charge on any atom is -0.392 e. The van der Waals surface area contributed by atoms with E-state index in [-0.39, 0.29) is 12.6 Å². The van der Waals surface area contributed by atoms with Crippen LogP contribution >= 0.6 is 11.3 Å². The molecule has 26 heavy (non-hydrogen) atoms. The molecular weight excluding hydrogens is 342 g/mol. The number of anilines is 1. The molecule has 2 heterocycles. The van der Waals surface area contributed by atoms with Crippen LogP contribution in [0.25, 0.3) is 20.7 Å². The summed E-state index contributed by atoms with van der Waals surface area (Å²) in [5.74, 6) is 0.848. The number of aromatic nitrogens is 2. The standard InChI is InChI=1S/C21H19N3OS/c1-14(16-5-3-2-4-6-16)24-20-18-11-19(26-21(18)23-13-22-20)17-9-7-15(12-25)8-10-17/h2-11,13-14,25H,12H2,1H3,(H,22,23,24)/t14-/m1/s1. The third-order valence-electron chi connectivity index (χ3n) is 4.40. The van der Waals surface area contributed by atoms with Crippen molar-refractivity contribution in [1.82, 2.24) is 9.97 Å². The van der Waals surface area contributed by atoms with Crippen molar-refractivity contribution in [2.75, 3.05) is 5.32 Å². The molecule has 5 heteroatoms. The molecule has 0 saturated heterocycles. The van der Waals surface area contributed by atoms with Crippen LogP contribution in [0.15, 0.2) is 67.0 Å². The highest BCUT2D eigenvalue weighted by molar-refractivity contribution is 7.21. The van der Waals surface area contributed by atoms with Crippen LogP contribution in [0.2, 0.25) is 0 Å². The Labute approximate surface area is 156 Å². The molecule has 0 amide bonds. The van der Waals surface area contributed by atoms with Gasteiger partial charge in [-0.3, -0.25) is 0 Å². The second-order valence-corrected chi connectivity index (χ2v) is 7.21. The fourth-order valence-corrected chi connectivity index (χ4v) is 3.92. The number of benzene rings is 2. The van der Waals surface area contributed by atoms with Gasteiger partial charge in [0.15, 0.2) is 0 Å². The fourth-order valence-electron chi connectivity index (χ4n) is 2.92. The quantitative estimate of drug-likeness (QED) is 0.524. The van der Waals surface area contributed by atoms with Gasteiger partial charge in [0.2, 0.25) is 0 Å². The lowest BCUT2D eigenvalue weighted by Crippen LogP contribution is -2.08. The van der Waals surface area contributed by atoms with Crippen molar-refractivity contribution < 1.29 is 5.11 Å². The largest absolute Gasteiger partial charge is 0.392 e. The van der Waals surface area contributed by atoms with E-state index in [2.05, 4.69) is 40.4 Å². The van der Waals surface area contributed by atoms with E-state index in [1.54, 1.807) is 17.7 Å². The first kappa shape index (κ1) is 16.7. The van der Waals surface area contributed by atoms with Crippen molar-refractivity contribution >= 4 is 27.4 Å². The third kappa shape index (κ3) is 3.31. The van der Waals surface area contributed by atoms with Gasteiger partial charge in [-0.25, -0.2) is 9.97 Å². The third-order valence-corrected chi connectivity index (χ3v) is 5.50. The summed E-state index contributed by atoms with van der Waals surface area (Å²) < 4.78 is 0. The Balaban J connectivity index is 1.67. The van der Waals surface area contributed by atoms with E-state index in [0.29, 0.717) is 0 Å². The average molecular weight is 361 g/mol. The molecule has 0 unspecified atom stereocenters. The monoisotopic (exact) mass is 361 g/mol. The second kappa shape index (κ2) is 7.23. The molecule has 0 bridgehead atoms. The minimum absolute atomic E-state index is 0.0591. The Hall–Kier alpha value is -2.76. The molecular formula is C21H19N3OS. The van der Waals surface area contributed by atoms with Gasteiger partial charge in [-0.1, -0.05) is 54.6 Å². The van der Waals surface area contributed by atoms with Gasteiger partial charge in [-0.2, -0.15) is 0 Å². The lowest BCUT2D eigenvalue weighted by Gasteiger charge is -2.15. The molecule has 2 aromatic carbocycles. The molecule has 0 saturated carbocycles. The van der Waals surface area contributed by atoms with Crippen LogP contribution < -0.4 is 5.32 Å². The first-order chi connectivity index (χ1) is 12.7. The van der Waals surface area contributed by atoms with Crippen molar-refractivity contribution in [2.24, 2.45) is 0 Å². The van der Waals surface area contributed by atoms with Crippen LogP contribution in [0.5, 0.6) is 0 Å². The summed E-state index contributed by atoms with van der Waals surface area (Å²) in [7, 11) is 0. The number of hydrogen-bond acceptors (Lipinski definition) is 5. The van der Waals surface area contributed by atoms with Gasteiger partial charge in [0, 0.05) is 10.9 Å². The highest BCUT2D eigenvalue weighted by Crippen LogP contribution is 2.35. The van der Waals surface area contributed by atoms with Crippen LogP contribution in [0.4, 0.5) is 5.82 Å². The van der Waals surface area contributed by atoms with Crippen LogP contribution in [0, 0.1) is 0 Å². The van der Waals surface area contributed by atoms with E-state index in [1.807, 2.05) is 42.5 Å². The molecule has 0 aliphatic heterocycles. The maximum atomic E-state index is 9.20. The zero-order valence-electron chi connectivity index (χ0n) is 14.4. The number of nitrogens with one attached hydrogen (secondary N) is 1. The van der Waals surface area contributed by atoms with Gasteiger partial charge < -0.3 is 10.4 Å². The Morgan fingerprint density at radius 2 is 1.81 bits per heavy atom. The van der Waals surface area contributed by atoms with E-state index >= 15 is 0 Å². The van der Waals surface area contributed by atoms with Crippen LogP contribution in [0.1, 0.15) is 24.1 Å². The summed E-state index contributed by atoms with van der Waals surface area (Å²) in [4.78, 5) is 11.0. The molecule has 1 atom stereocenters. The first-order valence-electron chi connectivity index (χ1n) is 8.51. The number of hydrogen-bond donors (Lipinski definition) is 2. The van der Waals surface area contributed by atoms with Gasteiger partial charge >= 0.3 is 0 Å². The number of aliphatic hydroxyl groups is 1. The normalized spacial score (nSPS) is 12.2. The summed E-state index contributed by atoms with van der Waals surface area (Å²) in [6, 6.07) is 20.6. The SMILES string of the molecule is C[C@@H](Nc1ncnc2sc(-c3ccc(CO)cc3)cc12)c1ccccc1. The Morgan fingerprint density at radius 1 is 1.04 bits per heavy atom. The molecule has 0 aliphatic rings. The molecule has 2 aromatic heterocycles. The molecule has 0 radical (unpaired) electrons. The van der Waals surface area contributed by atoms with Gasteiger partial charge in [-0.15, -0.1) is 11.3 Å². The summed E-state index contributed by atoms with van der Waals surface area (Å²) >= 11 is 1.65. The van der Waals surface area contributed by atoms with E-state index in [4.69, 9.17) is 0 Å². The van der Waals surface area contributed by atoms with Crippen molar-refractivity contribution in [3.8, 4) is 10.4 Å². The maximum absolute atomic E-state index is 9.20. The molecule has 130 valence electrons. The highest BCUT2D eigenvalue weighted by atomic mass is 32.1. The number of aliphatic hydroxyl groups excluding tert-OH is 1. The molecule has 0 fully saturated rings. The number of rotatable bonds is 5. The summed E-state index contributed by atoms with van der Waals surface area (Å²) in [5, 5.41) is 13.7. The molecule has 4 rings (SSSR count). The number of nitrogens with zero attached hydrogens (tertiary/aromatic N) is 2. The molecule has 2 N–H and O–H groups in total. The highest BCUT2D eigenvalue weighted by Gasteiger charge is 2.13. The van der Waals surface area contributed by atoms with Gasteiger partial charge in [-0.05, 0) is 29.7 Å². The number of fused-ring (bicyclic) bond motifs is 1. The predicted octanol–water partition coefficient (Wildman–Crippen LogP) is 5.02. The lowest BCUT2D eigenvalue weighted by atomic mass is 10.1. The molecule has 0 aliphatic carbocycles. The number of thiophene rings is 1. The van der Waals surface area contributed by atoms with Crippen molar-refractivity contribution in [3.05, 3.63) is 78.1 Å². The molecule has 4 nitrogen and oxygen atoms in total. The first-order valence-corrected chi connectivity index (χ1v) is 9.32. The molecule has 0 spiro atoms. The van der Waals surface area contributed by atoms with Crippen molar-refractivity contribution in [1.29, 1.82) is 0 Å². The van der Waals surface area contributed by atoms with Gasteiger partial charge in [0.25, 0.3) is 0 Å².